The minimum Gasteiger partial charge on any atom is -0.275 e. The minimum atomic E-state index is -0.130. The van der Waals surface area contributed by atoms with Gasteiger partial charge in [-0.2, -0.15) is 0 Å². The van der Waals surface area contributed by atoms with Crippen LogP contribution < -0.4 is 0 Å². The predicted octanol–water partition coefficient (Wildman–Crippen LogP) is 1.51. The second-order valence-corrected chi connectivity index (χ2v) is 5.12. The van der Waals surface area contributed by atoms with Crippen molar-refractivity contribution in [1.82, 2.24) is 4.90 Å². The number of carbonyl (C=O) groups excluding carboxylic acids is 2. The number of fused-ring (bicyclic) bond motifs is 2. The minimum absolute atomic E-state index is 0.100. The average Bonchev–Trinajstić information content (AvgIpc) is 2.90. The fraction of sp³-hybridized carbons (Fsp3) is 0.538. The second kappa shape index (κ2) is 3.30. The van der Waals surface area contributed by atoms with Crippen molar-refractivity contribution in [2.24, 2.45) is 17.8 Å². The van der Waals surface area contributed by atoms with Crippen molar-refractivity contribution in [2.75, 3.05) is 6.54 Å². The summed E-state index contributed by atoms with van der Waals surface area (Å²) < 4.78 is 0. The van der Waals surface area contributed by atoms with Gasteiger partial charge in [-0.25, -0.2) is 0 Å². The molecule has 1 fully saturated rings. The number of hydrogen-bond donors (Lipinski definition) is 0. The second-order valence-electron chi connectivity index (χ2n) is 5.12. The lowest BCUT2D eigenvalue weighted by atomic mass is 9.93. The zero-order chi connectivity index (χ0) is 11.3. The van der Waals surface area contributed by atoms with E-state index in [4.69, 9.17) is 0 Å². The van der Waals surface area contributed by atoms with E-state index in [-0.39, 0.29) is 11.8 Å². The highest BCUT2D eigenvalue weighted by Gasteiger charge is 2.39. The Morgan fingerprint density at radius 1 is 1.31 bits per heavy atom. The maximum atomic E-state index is 11.7. The molecule has 0 aromatic heterocycles. The molecule has 0 aromatic carbocycles. The van der Waals surface area contributed by atoms with Gasteiger partial charge in [-0.05, 0) is 37.5 Å². The molecule has 0 radical (unpaired) electrons. The highest BCUT2D eigenvalue weighted by Crippen LogP contribution is 2.43. The number of allylic oxidation sites excluding steroid dienone is 2. The number of imide groups is 1. The highest BCUT2D eigenvalue weighted by atomic mass is 16.2. The first-order valence-corrected chi connectivity index (χ1v) is 5.87. The summed E-state index contributed by atoms with van der Waals surface area (Å²) >= 11 is 0. The van der Waals surface area contributed by atoms with Crippen molar-refractivity contribution >= 4 is 11.8 Å². The van der Waals surface area contributed by atoms with E-state index in [9.17, 15) is 9.59 Å². The Bertz CT molecular complexity index is 422. The normalized spacial score (nSPS) is 36.4. The Morgan fingerprint density at radius 2 is 2.12 bits per heavy atom. The monoisotopic (exact) mass is 217 g/mol. The molecule has 3 aliphatic rings. The van der Waals surface area contributed by atoms with Crippen LogP contribution in [0.1, 0.15) is 19.8 Å². The first-order valence-electron chi connectivity index (χ1n) is 5.87. The van der Waals surface area contributed by atoms with Gasteiger partial charge in [0.1, 0.15) is 0 Å². The van der Waals surface area contributed by atoms with E-state index >= 15 is 0 Å². The molecule has 3 nitrogen and oxygen atoms in total. The molecule has 2 aliphatic carbocycles. The van der Waals surface area contributed by atoms with E-state index in [0.29, 0.717) is 29.9 Å². The van der Waals surface area contributed by atoms with E-state index in [1.54, 1.807) is 6.92 Å². The Labute approximate surface area is 94.8 Å². The average molecular weight is 217 g/mol. The van der Waals surface area contributed by atoms with Crippen LogP contribution in [-0.2, 0) is 9.59 Å². The van der Waals surface area contributed by atoms with Crippen molar-refractivity contribution in [3.05, 3.63) is 23.8 Å². The quantitative estimate of drug-likeness (QED) is 0.519. The Hall–Kier alpha value is -1.38. The standard InChI is InChI=1S/C13H15NO2/c1-8-4-12(15)14(13(8)16)7-11-6-9-2-3-10(11)5-9/h2-4,9-11H,5-7H2,1H3/t9?,10-,11?/m1/s1. The summed E-state index contributed by atoms with van der Waals surface area (Å²) in [5.74, 6) is 1.54. The molecule has 0 spiro atoms. The zero-order valence-electron chi connectivity index (χ0n) is 9.35. The van der Waals surface area contributed by atoms with Gasteiger partial charge in [0.2, 0.25) is 0 Å². The van der Waals surface area contributed by atoms with Gasteiger partial charge in [-0.1, -0.05) is 12.2 Å². The predicted molar refractivity (Wildman–Crippen MR) is 59.3 cm³/mol. The lowest BCUT2D eigenvalue weighted by Gasteiger charge is -2.23. The Morgan fingerprint density at radius 3 is 2.62 bits per heavy atom. The molecule has 1 saturated carbocycles. The van der Waals surface area contributed by atoms with Gasteiger partial charge in [-0.3, -0.25) is 14.5 Å². The largest absolute Gasteiger partial charge is 0.275 e. The van der Waals surface area contributed by atoms with Crippen molar-refractivity contribution in [1.29, 1.82) is 0 Å². The molecule has 0 aromatic rings. The molecule has 1 heterocycles. The van der Waals surface area contributed by atoms with Gasteiger partial charge in [0.25, 0.3) is 11.8 Å². The van der Waals surface area contributed by atoms with Crippen molar-refractivity contribution in [3.63, 3.8) is 0 Å². The fourth-order valence-electron chi connectivity index (χ4n) is 3.15. The van der Waals surface area contributed by atoms with E-state index in [0.717, 1.165) is 6.42 Å². The summed E-state index contributed by atoms with van der Waals surface area (Å²) in [5, 5.41) is 0. The van der Waals surface area contributed by atoms with Gasteiger partial charge in [0, 0.05) is 18.2 Å². The first kappa shape index (κ1) is 9.82. The molecule has 2 bridgehead atoms. The van der Waals surface area contributed by atoms with E-state index < -0.39 is 0 Å². The highest BCUT2D eigenvalue weighted by molar-refractivity contribution is 6.15. The smallest absolute Gasteiger partial charge is 0.256 e. The fourth-order valence-corrected chi connectivity index (χ4v) is 3.15. The van der Waals surface area contributed by atoms with E-state index in [1.165, 1.54) is 17.4 Å². The van der Waals surface area contributed by atoms with Crippen molar-refractivity contribution in [3.8, 4) is 0 Å². The number of amides is 2. The summed E-state index contributed by atoms with van der Waals surface area (Å²) in [6.07, 6.45) is 8.33. The molecular formula is C13H15NO2. The summed E-state index contributed by atoms with van der Waals surface area (Å²) in [6.45, 7) is 2.32. The summed E-state index contributed by atoms with van der Waals surface area (Å²) in [5.41, 5.74) is 0.573. The molecule has 1 aliphatic heterocycles. The maximum absolute atomic E-state index is 11.7. The summed E-state index contributed by atoms with van der Waals surface area (Å²) in [6, 6.07) is 0. The van der Waals surface area contributed by atoms with Crippen LogP contribution in [0.3, 0.4) is 0 Å². The first-order chi connectivity index (χ1) is 7.65. The van der Waals surface area contributed by atoms with Crippen LogP contribution >= 0.6 is 0 Å². The van der Waals surface area contributed by atoms with Crippen LogP contribution in [-0.4, -0.2) is 23.3 Å². The van der Waals surface area contributed by atoms with Gasteiger partial charge in [0.15, 0.2) is 0 Å². The van der Waals surface area contributed by atoms with Crippen LogP contribution in [0.4, 0.5) is 0 Å². The SMILES string of the molecule is CC1=CC(=O)N(CC2CC3C=C[C@@H]2C3)C1=O. The molecule has 3 rings (SSSR count). The molecule has 2 amide bonds. The number of nitrogens with zero attached hydrogens (tertiary/aromatic N) is 1. The molecule has 16 heavy (non-hydrogen) atoms. The van der Waals surface area contributed by atoms with Crippen LogP contribution in [0.5, 0.6) is 0 Å². The van der Waals surface area contributed by atoms with Gasteiger partial charge in [-0.15, -0.1) is 0 Å². The Balaban J connectivity index is 1.71. The Kier molecular flexibility index (Phi) is 2.03. The van der Waals surface area contributed by atoms with Gasteiger partial charge >= 0.3 is 0 Å². The molecule has 84 valence electrons. The number of hydrogen-bond acceptors (Lipinski definition) is 2. The molecule has 2 unspecified atom stereocenters. The van der Waals surface area contributed by atoms with E-state index in [2.05, 4.69) is 12.2 Å². The van der Waals surface area contributed by atoms with Crippen LogP contribution in [0, 0.1) is 17.8 Å². The van der Waals surface area contributed by atoms with Crippen molar-refractivity contribution < 1.29 is 9.59 Å². The number of carbonyl (C=O) groups is 2. The van der Waals surface area contributed by atoms with Crippen LogP contribution in [0.15, 0.2) is 23.8 Å². The topological polar surface area (TPSA) is 37.4 Å². The third-order valence-electron chi connectivity index (χ3n) is 4.02. The van der Waals surface area contributed by atoms with Crippen molar-refractivity contribution in [2.45, 2.75) is 19.8 Å². The molecule has 0 saturated heterocycles. The molecular weight excluding hydrogens is 202 g/mol. The lowest BCUT2D eigenvalue weighted by Crippen LogP contribution is -2.36. The van der Waals surface area contributed by atoms with Gasteiger partial charge < -0.3 is 0 Å². The third kappa shape index (κ3) is 1.34. The summed E-state index contributed by atoms with van der Waals surface area (Å²) in [7, 11) is 0. The molecule has 3 atom stereocenters. The van der Waals surface area contributed by atoms with E-state index in [1.807, 2.05) is 0 Å². The zero-order valence-corrected chi connectivity index (χ0v) is 9.35. The molecule has 3 heteroatoms. The number of rotatable bonds is 2. The van der Waals surface area contributed by atoms with Crippen LogP contribution in [0.25, 0.3) is 0 Å². The third-order valence-corrected chi connectivity index (χ3v) is 4.02. The summed E-state index contributed by atoms with van der Waals surface area (Å²) in [4.78, 5) is 24.7. The maximum Gasteiger partial charge on any atom is 0.256 e. The molecule has 0 N–H and O–H groups in total. The van der Waals surface area contributed by atoms with Crippen LogP contribution in [0.2, 0.25) is 0 Å². The van der Waals surface area contributed by atoms with Gasteiger partial charge in [0.05, 0.1) is 0 Å². The lowest BCUT2D eigenvalue weighted by molar-refractivity contribution is -0.138.